The summed E-state index contributed by atoms with van der Waals surface area (Å²) in [5.41, 5.74) is 1.75. The third-order valence-corrected chi connectivity index (χ3v) is 7.31. The number of ether oxygens (including phenoxy) is 2. The molecule has 0 aliphatic carbocycles. The van der Waals surface area contributed by atoms with Crippen LogP contribution < -0.4 is 19.1 Å². The summed E-state index contributed by atoms with van der Waals surface area (Å²) in [7, 11) is -4.28. The summed E-state index contributed by atoms with van der Waals surface area (Å²) in [6.07, 6.45) is 0. The fourth-order valence-corrected chi connectivity index (χ4v) is 5.13. The van der Waals surface area contributed by atoms with Crippen LogP contribution in [0.25, 0.3) is 0 Å². The molecule has 1 aliphatic heterocycles. The first-order valence-corrected chi connectivity index (χ1v) is 12.2. The molecule has 1 heterocycles. The lowest BCUT2D eigenvalue weighted by Crippen LogP contribution is -2.35. The molecule has 0 saturated carbocycles. The van der Waals surface area contributed by atoms with Crippen LogP contribution in [-0.4, -0.2) is 32.2 Å². The molecule has 0 atom stereocenters. The van der Waals surface area contributed by atoms with E-state index in [-0.39, 0.29) is 40.3 Å². The number of sulfonamides is 1. The van der Waals surface area contributed by atoms with Crippen molar-refractivity contribution in [3.05, 3.63) is 71.8 Å². The highest BCUT2D eigenvalue weighted by molar-refractivity contribution is 7.93. The van der Waals surface area contributed by atoms with Crippen LogP contribution in [0.1, 0.15) is 42.6 Å². The van der Waals surface area contributed by atoms with Crippen molar-refractivity contribution in [2.45, 2.75) is 31.6 Å². The van der Waals surface area contributed by atoms with E-state index in [0.717, 1.165) is 12.5 Å². The van der Waals surface area contributed by atoms with Crippen molar-refractivity contribution in [1.29, 1.82) is 0 Å². The maximum atomic E-state index is 13.6. The second kappa shape index (κ2) is 9.30. The Balaban J connectivity index is 1.82. The number of carbonyl (C=O) groups is 2. The van der Waals surface area contributed by atoms with Gasteiger partial charge in [-0.1, -0.05) is 26.0 Å². The van der Waals surface area contributed by atoms with Gasteiger partial charge in [-0.2, -0.15) is 0 Å². The average molecular weight is 497 g/mol. The molecule has 0 unspecified atom stereocenters. The number of hydrogen-bond donors (Lipinski definition) is 2. The number of carboxylic acids is 1. The smallest absolute Gasteiger partial charge is 0.335 e. The summed E-state index contributed by atoms with van der Waals surface area (Å²) < 4.78 is 39.0. The molecular weight excluding hydrogens is 472 g/mol. The molecule has 182 valence electrons. The topological polar surface area (TPSA) is 122 Å². The maximum absolute atomic E-state index is 13.6. The Bertz CT molecular complexity index is 1380. The predicted molar refractivity (Wildman–Crippen MR) is 130 cm³/mol. The SMILES string of the molecule is CC(=O)N(c1ccc2c(c1Nc1ccc(C(=O)O)cc1)OCO2)S(=O)(=O)c1ccc(C(C)C)cc1. The molecule has 3 aromatic carbocycles. The number of hydrogen-bond acceptors (Lipinski definition) is 7. The number of aromatic carboxylic acids is 1. The number of nitrogens with one attached hydrogen (secondary N) is 1. The quantitative estimate of drug-likeness (QED) is 0.482. The van der Waals surface area contributed by atoms with Crippen LogP contribution in [0.15, 0.2) is 65.6 Å². The molecule has 1 amide bonds. The van der Waals surface area contributed by atoms with Crippen molar-refractivity contribution in [1.82, 2.24) is 0 Å². The first kappa shape index (κ1) is 24.1. The lowest BCUT2D eigenvalue weighted by Gasteiger charge is -2.25. The fraction of sp³-hybridized carbons (Fsp3) is 0.200. The van der Waals surface area contributed by atoms with Crippen molar-refractivity contribution >= 4 is 39.0 Å². The molecule has 1 aliphatic rings. The number of amides is 1. The first-order valence-electron chi connectivity index (χ1n) is 10.8. The maximum Gasteiger partial charge on any atom is 0.335 e. The van der Waals surface area contributed by atoms with Gasteiger partial charge < -0.3 is 19.9 Å². The van der Waals surface area contributed by atoms with E-state index < -0.39 is 21.9 Å². The number of benzene rings is 3. The number of carboxylic acid groups (broad SMARTS) is 1. The van der Waals surface area contributed by atoms with Crippen molar-refractivity contribution in [2.24, 2.45) is 0 Å². The van der Waals surface area contributed by atoms with Crippen LogP contribution >= 0.6 is 0 Å². The highest BCUT2D eigenvalue weighted by atomic mass is 32.2. The largest absolute Gasteiger partial charge is 0.478 e. The lowest BCUT2D eigenvalue weighted by molar-refractivity contribution is -0.115. The Hall–Kier alpha value is -4.05. The molecule has 0 saturated heterocycles. The van der Waals surface area contributed by atoms with E-state index in [0.29, 0.717) is 15.7 Å². The number of nitrogens with zero attached hydrogens (tertiary/aromatic N) is 1. The lowest BCUT2D eigenvalue weighted by atomic mass is 10.0. The number of rotatable bonds is 7. The summed E-state index contributed by atoms with van der Waals surface area (Å²) in [6.45, 7) is 5.09. The minimum Gasteiger partial charge on any atom is -0.478 e. The Morgan fingerprint density at radius 2 is 1.63 bits per heavy atom. The highest BCUT2D eigenvalue weighted by Gasteiger charge is 2.34. The van der Waals surface area contributed by atoms with Crippen LogP contribution in [0.4, 0.5) is 17.1 Å². The van der Waals surface area contributed by atoms with Crippen LogP contribution in [0.2, 0.25) is 0 Å². The van der Waals surface area contributed by atoms with Crippen molar-refractivity contribution in [2.75, 3.05) is 16.4 Å². The summed E-state index contributed by atoms with van der Waals surface area (Å²) >= 11 is 0. The third-order valence-electron chi connectivity index (χ3n) is 5.51. The molecule has 0 fully saturated rings. The summed E-state index contributed by atoms with van der Waals surface area (Å²) in [5, 5.41) is 12.2. The fourth-order valence-electron chi connectivity index (χ4n) is 3.69. The molecule has 0 aromatic heterocycles. The van der Waals surface area contributed by atoms with Crippen molar-refractivity contribution in [3.63, 3.8) is 0 Å². The van der Waals surface area contributed by atoms with Gasteiger partial charge in [-0.15, -0.1) is 0 Å². The van der Waals surface area contributed by atoms with E-state index in [9.17, 15) is 18.0 Å². The molecule has 0 spiro atoms. The molecule has 0 radical (unpaired) electrons. The molecule has 35 heavy (non-hydrogen) atoms. The van der Waals surface area contributed by atoms with E-state index in [1.54, 1.807) is 12.1 Å². The van der Waals surface area contributed by atoms with Gasteiger partial charge in [0.05, 0.1) is 16.1 Å². The van der Waals surface area contributed by atoms with Gasteiger partial charge in [0.15, 0.2) is 11.5 Å². The summed E-state index contributed by atoms with van der Waals surface area (Å²) in [6, 6.07) is 15.3. The van der Waals surface area contributed by atoms with Gasteiger partial charge in [-0.3, -0.25) is 4.79 Å². The second-order valence-electron chi connectivity index (χ2n) is 8.21. The number of fused-ring (bicyclic) bond motifs is 1. The van der Waals surface area contributed by atoms with E-state index in [4.69, 9.17) is 14.6 Å². The van der Waals surface area contributed by atoms with Crippen molar-refractivity contribution < 1.29 is 32.6 Å². The predicted octanol–water partition coefficient (Wildman–Crippen LogP) is 4.72. The van der Waals surface area contributed by atoms with E-state index in [2.05, 4.69) is 5.32 Å². The van der Waals surface area contributed by atoms with Crippen LogP contribution in [0.5, 0.6) is 11.5 Å². The second-order valence-corrected chi connectivity index (χ2v) is 10.00. The van der Waals surface area contributed by atoms with Gasteiger partial charge in [0, 0.05) is 12.6 Å². The molecule has 3 aromatic rings. The molecule has 4 rings (SSSR count). The highest BCUT2D eigenvalue weighted by Crippen LogP contribution is 2.47. The Kier molecular flexibility index (Phi) is 6.40. The molecule has 10 heteroatoms. The van der Waals surface area contributed by atoms with Gasteiger partial charge in [-0.05, 0) is 60.0 Å². The molecular formula is C25H24N2O7S. The monoisotopic (exact) mass is 496 g/mol. The van der Waals surface area contributed by atoms with Gasteiger partial charge in [0.1, 0.15) is 5.69 Å². The van der Waals surface area contributed by atoms with Gasteiger partial charge in [0.2, 0.25) is 12.7 Å². The van der Waals surface area contributed by atoms with Crippen molar-refractivity contribution in [3.8, 4) is 11.5 Å². The molecule has 0 bridgehead atoms. The van der Waals surface area contributed by atoms with E-state index in [1.165, 1.54) is 48.5 Å². The average Bonchev–Trinajstić information content (AvgIpc) is 3.30. The first-order chi connectivity index (χ1) is 16.6. The zero-order valence-corrected chi connectivity index (χ0v) is 20.1. The molecule has 9 nitrogen and oxygen atoms in total. The zero-order chi connectivity index (χ0) is 25.3. The van der Waals surface area contributed by atoms with E-state index in [1.807, 2.05) is 13.8 Å². The van der Waals surface area contributed by atoms with Crippen LogP contribution in [0.3, 0.4) is 0 Å². The summed E-state index contributed by atoms with van der Waals surface area (Å²) in [5.74, 6) is -0.970. The Labute approximate surface area is 203 Å². The Morgan fingerprint density at radius 3 is 2.20 bits per heavy atom. The van der Waals surface area contributed by atoms with Crippen LogP contribution in [-0.2, 0) is 14.8 Å². The normalized spacial score (nSPS) is 12.5. The number of carbonyl (C=O) groups excluding carboxylic acids is 1. The Morgan fingerprint density at radius 1 is 0.971 bits per heavy atom. The number of anilines is 3. The zero-order valence-electron chi connectivity index (χ0n) is 19.3. The minimum atomic E-state index is -4.28. The van der Waals surface area contributed by atoms with Crippen LogP contribution in [0, 0.1) is 0 Å². The van der Waals surface area contributed by atoms with Gasteiger partial charge >= 0.3 is 5.97 Å². The molecule has 2 N–H and O–H groups in total. The third kappa shape index (κ3) is 4.65. The minimum absolute atomic E-state index is 0.0356. The van der Waals surface area contributed by atoms with E-state index >= 15 is 0 Å². The van der Waals surface area contributed by atoms with Gasteiger partial charge in [0.25, 0.3) is 10.0 Å². The van der Waals surface area contributed by atoms with Gasteiger partial charge in [-0.25, -0.2) is 17.5 Å². The standard InChI is InChI=1S/C25H24N2O7S/c1-15(2)17-6-10-20(11-7-17)35(31,32)27(16(3)28)21-12-13-22-24(34-14-33-22)23(21)26-19-8-4-18(5-9-19)25(29)30/h4-13,15,26H,14H2,1-3H3,(H,29,30). The summed E-state index contributed by atoms with van der Waals surface area (Å²) in [4.78, 5) is 23.9.